The fourth-order valence-corrected chi connectivity index (χ4v) is 1.50. The quantitative estimate of drug-likeness (QED) is 0.698. The highest BCUT2D eigenvalue weighted by atomic mass is 19.1. The van der Waals surface area contributed by atoms with Crippen molar-refractivity contribution in [1.29, 1.82) is 0 Å². The summed E-state index contributed by atoms with van der Waals surface area (Å²) in [4.78, 5) is 0. The van der Waals surface area contributed by atoms with E-state index in [4.69, 9.17) is 4.74 Å². The number of hydrogen-bond acceptors (Lipinski definition) is 1. The average molecular weight is 182 g/mol. The molecular formula is C11H15FO. The number of ether oxygens (including phenoxy) is 1. The van der Waals surface area contributed by atoms with Crippen LogP contribution in [0, 0.1) is 5.82 Å². The van der Waals surface area contributed by atoms with Gasteiger partial charge in [-0.25, -0.2) is 4.39 Å². The molecule has 13 heavy (non-hydrogen) atoms. The van der Waals surface area contributed by atoms with Gasteiger partial charge in [-0.15, -0.1) is 0 Å². The Labute approximate surface area is 78.5 Å². The summed E-state index contributed by atoms with van der Waals surface area (Å²) in [6, 6.07) is 3.08. The van der Waals surface area contributed by atoms with E-state index in [1.165, 1.54) is 12.1 Å². The summed E-state index contributed by atoms with van der Waals surface area (Å²) in [5.74, 6) is 0.668. The molecule has 0 aliphatic carbocycles. The number of methoxy groups -OCH3 is 1. The maximum Gasteiger partial charge on any atom is 0.125 e. The van der Waals surface area contributed by atoms with E-state index in [1.807, 2.05) is 13.8 Å². The minimum atomic E-state index is -0.172. The first-order valence-corrected chi connectivity index (χ1v) is 4.58. The summed E-state index contributed by atoms with van der Waals surface area (Å²) < 4.78 is 18.3. The van der Waals surface area contributed by atoms with E-state index in [1.54, 1.807) is 7.11 Å². The second-order valence-electron chi connectivity index (χ2n) is 2.96. The Hall–Kier alpha value is -1.05. The van der Waals surface area contributed by atoms with Gasteiger partial charge in [0, 0.05) is 0 Å². The Morgan fingerprint density at radius 1 is 1.15 bits per heavy atom. The number of rotatable bonds is 3. The van der Waals surface area contributed by atoms with E-state index in [0.717, 1.165) is 29.7 Å². The Balaban J connectivity index is 3.25. The van der Waals surface area contributed by atoms with Crippen LogP contribution in [0.3, 0.4) is 0 Å². The van der Waals surface area contributed by atoms with Gasteiger partial charge in [-0.2, -0.15) is 0 Å². The maximum atomic E-state index is 13.1. The lowest BCUT2D eigenvalue weighted by Gasteiger charge is -2.11. The van der Waals surface area contributed by atoms with Gasteiger partial charge < -0.3 is 4.74 Å². The van der Waals surface area contributed by atoms with Crippen LogP contribution in [-0.4, -0.2) is 7.11 Å². The predicted molar refractivity (Wildman–Crippen MR) is 51.7 cm³/mol. The lowest BCUT2D eigenvalue weighted by Crippen LogP contribution is -1.97. The molecule has 0 unspecified atom stereocenters. The number of halogens is 1. The van der Waals surface area contributed by atoms with Crippen LogP contribution in [0.4, 0.5) is 4.39 Å². The second-order valence-corrected chi connectivity index (χ2v) is 2.96. The first-order chi connectivity index (χ1) is 6.22. The highest BCUT2D eigenvalue weighted by molar-refractivity contribution is 5.42. The van der Waals surface area contributed by atoms with Gasteiger partial charge in [0.15, 0.2) is 0 Å². The van der Waals surface area contributed by atoms with Crippen LogP contribution >= 0.6 is 0 Å². The van der Waals surface area contributed by atoms with E-state index in [-0.39, 0.29) is 5.82 Å². The van der Waals surface area contributed by atoms with Gasteiger partial charge >= 0.3 is 0 Å². The van der Waals surface area contributed by atoms with Crippen LogP contribution in [-0.2, 0) is 12.8 Å². The summed E-state index contributed by atoms with van der Waals surface area (Å²) in [5, 5.41) is 0. The summed E-state index contributed by atoms with van der Waals surface area (Å²) in [7, 11) is 1.63. The van der Waals surface area contributed by atoms with Crippen molar-refractivity contribution >= 4 is 0 Å². The van der Waals surface area contributed by atoms with Crippen molar-refractivity contribution in [3.63, 3.8) is 0 Å². The van der Waals surface area contributed by atoms with Crippen LogP contribution in [0.5, 0.6) is 5.75 Å². The Morgan fingerprint density at radius 2 is 1.62 bits per heavy atom. The van der Waals surface area contributed by atoms with Gasteiger partial charge in [0.1, 0.15) is 11.6 Å². The normalized spacial score (nSPS) is 10.2. The van der Waals surface area contributed by atoms with Crippen LogP contribution in [0.25, 0.3) is 0 Å². The summed E-state index contributed by atoms with van der Waals surface area (Å²) in [6.07, 6.45) is 1.60. The SMILES string of the molecule is CCc1cc(F)cc(CC)c1OC. The summed E-state index contributed by atoms with van der Waals surface area (Å²) >= 11 is 0. The lowest BCUT2D eigenvalue weighted by atomic mass is 10.0. The van der Waals surface area contributed by atoms with Crippen LogP contribution in [0.1, 0.15) is 25.0 Å². The number of aryl methyl sites for hydroxylation is 2. The molecule has 0 aromatic heterocycles. The van der Waals surface area contributed by atoms with Gasteiger partial charge in [0.25, 0.3) is 0 Å². The maximum absolute atomic E-state index is 13.1. The molecule has 1 aromatic rings. The van der Waals surface area contributed by atoms with Gasteiger partial charge in [0.2, 0.25) is 0 Å². The van der Waals surface area contributed by atoms with Gasteiger partial charge in [-0.3, -0.25) is 0 Å². The molecule has 0 radical (unpaired) electrons. The Morgan fingerprint density at radius 3 is 1.92 bits per heavy atom. The molecule has 2 heteroatoms. The third kappa shape index (κ3) is 2.00. The first kappa shape index (κ1) is 10.0. The number of benzene rings is 1. The largest absolute Gasteiger partial charge is 0.496 e. The lowest BCUT2D eigenvalue weighted by molar-refractivity contribution is 0.404. The average Bonchev–Trinajstić information content (AvgIpc) is 2.16. The van der Waals surface area contributed by atoms with Gasteiger partial charge in [-0.05, 0) is 36.1 Å². The van der Waals surface area contributed by atoms with Gasteiger partial charge in [-0.1, -0.05) is 13.8 Å². The zero-order valence-electron chi connectivity index (χ0n) is 8.36. The van der Waals surface area contributed by atoms with E-state index in [0.29, 0.717) is 0 Å². The Kier molecular flexibility index (Phi) is 3.29. The molecule has 0 bridgehead atoms. The van der Waals surface area contributed by atoms with Crippen molar-refractivity contribution in [2.24, 2.45) is 0 Å². The minimum Gasteiger partial charge on any atom is -0.496 e. The third-order valence-corrected chi connectivity index (χ3v) is 2.17. The topological polar surface area (TPSA) is 9.23 Å². The molecule has 0 spiro atoms. The highest BCUT2D eigenvalue weighted by Crippen LogP contribution is 2.26. The second kappa shape index (κ2) is 4.26. The van der Waals surface area contributed by atoms with Crippen molar-refractivity contribution < 1.29 is 9.13 Å². The highest BCUT2D eigenvalue weighted by Gasteiger charge is 2.08. The molecule has 1 rings (SSSR count). The molecule has 0 saturated carbocycles. The molecule has 0 aliphatic rings. The predicted octanol–water partition coefficient (Wildman–Crippen LogP) is 2.96. The first-order valence-electron chi connectivity index (χ1n) is 4.58. The molecule has 0 amide bonds. The molecule has 0 aliphatic heterocycles. The van der Waals surface area contributed by atoms with Crippen molar-refractivity contribution in [2.75, 3.05) is 7.11 Å². The summed E-state index contributed by atoms with van der Waals surface area (Å²) in [6.45, 7) is 3.99. The third-order valence-electron chi connectivity index (χ3n) is 2.17. The van der Waals surface area contributed by atoms with Crippen molar-refractivity contribution in [1.82, 2.24) is 0 Å². The zero-order chi connectivity index (χ0) is 9.84. The van der Waals surface area contributed by atoms with Gasteiger partial charge in [0.05, 0.1) is 7.11 Å². The monoisotopic (exact) mass is 182 g/mol. The van der Waals surface area contributed by atoms with E-state index < -0.39 is 0 Å². The van der Waals surface area contributed by atoms with Crippen LogP contribution in [0.2, 0.25) is 0 Å². The molecule has 0 atom stereocenters. The molecule has 0 saturated heterocycles. The van der Waals surface area contributed by atoms with Crippen molar-refractivity contribution in [3.05, 3.63) is 29.1 Å². The van der Waals surface area contributed by atoms with Crippen LogP contribution in [0.15, 0.2) is 12.1 Å². The zero-order valence-corrected chi connectivity index (χ0v) is 8.36. The summed E-state index contributed by atoms with van der Waals surface area (Å²) in [5.41, 5.74) is 1.89. The van der Waals surface area contributed by atoms with E-state index in [9.17, 15) is 4.39 Å². The minimum absolute atomic E-state index is 0.172. The van der Waals surface area contributed by atoms with E-state index in [2.05, 4.69) is 0 Å². The molecule has 0 heterocycles. The van der Waals surface area contributed by atoms with E-state index >= 15 is 0 Å². The molecule has 1 nitrogen and oxygen atoms in total. The molecular weight excluding hydrogens is 167 g/mol. The fraction of sp³-hybridized carbons (Fsp3) is 0.455. The van der Waals surface area contributed by atoms with Crippen LogP contribution < -0.4 is 4.74 Å². The van der Waals surface area contributed by atoms with Crippen molar-refractivity contribution in [2.45, 2.75) is 26.7 Å². The Bertz CT molecular complexity index is 269. The molecule has 0 N–H and O–H groups in total. The van der Waals surface area contributed by atoms with Crippen molar-refractivity contribution in [3.8, 4) is 5.75 Å². The fourth-order valence-electron chi connectivity index (χ4n) is 1.50. The molecule has 72 valence electrons. The number of hydrogen-bond donors (Lipinski definition) is 0. The molecule has 1 aromatic carbocycles. The molecule has 0 fully saturated rings. The standard InChI is InChI=1S/C11H15FO/c1-4-8-6-10(12)7-9(5-2)11(8)13-3/h6-7H,4-5H2,1-3H3. The smallest absolute Gasteiger partial charge is 0.125 e.